The first-order chi connectivity index (χ1) is 12.0. The van der Waals surface area contributed by atoms with Gasteiger partial charge in [-0.1, -0.05) is 43.3 Å². The minimum Gasteiger partial charge on any atom is -0.481 e. The van der Waals surface area contributed by atoms with E-state index in [0.717, 1.165) is 29.7 Å². The van der Waals surface area contributed by atoms with Crippen LogP contribution in [0.4, 0.5) is 0 Å². The lowest BCUT2D eigenvalue weighted by Gasteiger charge is -2.21. The van der Waals surface area contributed by atoms with Gasteiger partial charge in [-0.25, -0.2) is 0 Å². The Kier molecular flexibility index (Phi) is 7.05. The molecule has 2 aromatic rings. The molecule has 0 radical (unpaired) electrons. The largest absolute Gasteiger partial charge is 0.481 e. The molecule has 2 aromatic carbocycles. The molecule has 0 aliphatic carbocycles. The number of hydrogen-bond donors (Lipinski definition) is 1. The molecule has 1 amide bonds. The highest BCUT2D eigenvalue weighted by Crippen LogP contribution is 2.18. The molecule has 0 saturated heterocycles. The third-order valence-corrected chi connectivity index (χ3v) is 4.23. The molecule has 0 aliphatic rings. The molecule has 2 rings (SSSR count). The summed E-state index contributed by atoms with van der Waals surface area (Å²) in [6.07, 6.45) is 2.05. The fourth-order valence-corrected chi connectivity index (χ4v) is 2.92. The van der Waals surface area contributed by atoms with Crippen LogP contribution in [-0.2, 0) is 11.2 Å². The van der Waals surface area contributed by atoms with Gasteiger partial charge in [0.25, 0.3) is 5.91 Å². The Morgan fingerprint density at radius 3 is 2.32 bits per heavy atom. The van der Waals surface area contributed by atoms with Gasteiger partial charge in [-0.15, -0.1) is 0 Å². The molecule has 0 unspecified atom stereocenters. The van der Waals surface area contributed by atoms with Crippen LogP contribution in [0.15, 0.2) is 48.5 Å². The molecule has 0 aromatic heterocycles. The molecular formula is C22H29NO2. The topological polar surface area (TPSA) is 38.3 Å². The van der Waals surface area contributed by atoms with Gasteiger partial charge in [-0.3, -0.25) is 4.79 Å². The standard InChI is InChI=1S/C22H29NO2/c1-5-21(25-20-14-16(2)13-17(3)15-20)22(24)23-18(4)11-12-19-9-7-6-8-10-19/h6-10,13-15,18,21H,5,11-12H2,1-4H3,(H,23,24)/t18-,21+/m0/s1. The maximum atomic E-state index is 12.5. The number of nitrogens with one attached hydrogen (secondary N) is 1. The van der Waals surface area contributed by atoms with Gasteiger partial charge in [0.1, 0.15) is 5.75 Å². The number of hydrogen-bond acceptors (Lipinski definition) is 2. The number of aryl methyl sites for hydroxylation is 3. The zero-order chi connectivity index (χ0) is 18.2. The van der Waals surface area contributed by atoms with Crippen LogP contribution in [0.25, 0.3) is 0 Å². The molecule has 25 heavy (non-hydrogen) atoms. The molecule has 0 aliphatic heterocycles. The van der Waals surface area contributed by atoms with Crippen molar-refractivity contribution in [1.82, 2.24) is 5.32 Å². The Morgan fingerprint density at radius 1 is 1.08 bits per heavy atom. The summed E-state index contributed by atoms with van der Waals surface area (Å²) in [6, 6.07) is 16.5. The van der Waals surface area contributed by atoms with Crippen molar-refractivity contribution in [2.45, 2.75) is 59.1 Å². The van der Waals surface area contributed by atoms with Crippen molar-refractivity contribution in [2.75, 3.05) is 0 Å². The first-order valence-electron chi connectivity index (χ1n) is 9.07. The van der Waals surface area contributed by atoms with Crippen LogP contribution in [0.1, 0.15) is 43.4 Å². The normalized spacial score (nSPS) is 13.1. The Morgan fingerprint density at radius 2 is 1.72 bits per heavy atom. The number of carbonyl (C=O) groups excluding carboxylic acids is 1. The van der Waals surface area contributed by atoms with E-state index in [-0.39, 0.29) is 11.9 Å². The molecule has 134 valence electrons. The van der Waals surface area contributed by atoms with Crippen molar-refractivity contribution in [1.29, 1.82) is 0 Å². The lowest BCUT2D eigenvalue weighted by molar-refractivity contribution is -0.128. The summed E-state index contributed by atoms with van der Waals surface area (Å²) in [5.74, 6) is 0.721. The van der Waals surface area contributed by atoms with Crippen LogP contribution in [0, 0.1) is 13.8 Å². The third-order valence-electron chi connectivity index (χ3n) is 4.23. The summed E-state index contributed by atoms with van der Waals surface area (Å²) in [7, 11) is 0. The average molecular weight is 339 g/mol. The number of amides is 1. The summed E-state index contributed by atoms with van der Waals surface area (Å²) < 4.78 is 5.94. The lowest BCUT2D eigenvalue weighted by Crippen LogP contribution is -2.42. The van der Waals surface area contributed by atoms with Crippen LogP contribution < -0.4 is 10.1 Å². The molecule has 0 heterocycles. The molecule has 0 bridgehead atoms. The van der Waals surface area contributed by atoms with Gasteiger partial charge in [0.05, 0.1) is 0 Å². The van der Waals surface area contributed by atoms with E-state index in [9.17, 15) is 4.79 Å². The van der Waals surface area contributed by atoms with E-state index in [1.54, 1.807) is 0 Å². The third kappa shape index (κ3) is 6.26. The number of ether oxygens (including phenoxy) is 1. The second-order valence-electron chi connectivity index (χ2n) is 6.77. The van der Waals surface area contributed by atoms with Crippen molar-refractivity contribution in [3.8, 4) is 5.75 Å². The minimum atomic E-state index is -0.458. The second-order valence-corrected chi connectivity index (χ2v) is 6.77. The van der Waals surface area contributed by atoms with Gasteiger partial charge in [-0.2, -0.15) is 0 Å². The summed E-state index contributed by atoms with van der Waals surface area (Å²) >= 11 is 0. The van der Waals surface area contributed by atoms with Crippen molar-refractivity contribution < 1.29 is 9.53 Å². The van der Waals surface area contributed by atoms with E-state index in [1.807, 2.05) is 58.0 Å². The SMILES string of the molecule is CC[C@@H](Oc1cc(C)cc(C)c1)C(=O)N[C@@H](C)CCc1ccccc1. The molecule has 3 heteroatoms. The summed E-state index contributed by atoms with van der Waals surface area (Å²) in [6.45, 7) is 8.09. The average Bonchev–Trinajstić information content (AvgIpc) is 2.58. The van der Waals surface area contributed by atoms with Gasteiger partial charge in [-0.05, 0) is 68.9 Å². The monoisotopic (exact) mass is 339 g/mol. The van der Waals surface area contributed by atoms with Crippen LogP contribution >= 0.6 is 0 Å². The molecule has 0 saturated carbocycles. The van der Waals surface area contributed by atoms with Gasteiger partial charge in [0.2, 0.25) is 0 Å². The van der Waals surface area contributed by atoms with Crippen LogP contribution in [0.5, 0.6) is 5.75 Å². The lowest BCUT2D eigenvalue weighted by atomic mass is 10.1. The van der Waals surface area contributed by atoms with E-state index >= 15 is 0 Å². The Hall–Kier alpha value is -2.29. The number of benzene rings is 2. The number of carbonyl (C=O) groups is 1. The van der Waals surface area contributed by atoms with Crippen LogP contribution in [0.3, 0.4) is 0 Å². The fourth-order valence-electron chi connectivity index (χ4n) is 2.92. The number of rotatable bonds is 8. The molecule has 1 N–H and O–H groups in total. The molecule has 3 nitrogen and oxygen atoms in total. The van der Waals surface area contributed by atoms with E-state index in [2.05, 4.69) is 23.5 Å². The van der Waals surface area contributed by atoms with Crippen LogP contribution in [-0.4, -0.2) is 18.1 Å². The van der Waals surface area contributed by atoms with E-state index in [4.69, 9.17) is 4.74 Å². The van der Waals surface area contributed by atoms with Crippen molar-refractivity contribution >= 4 is 5.91 Å². The van der Waals surface area contributed by atoms with E-state index < -0.39 is 6.10 Å². The van der Waals surface area contributed by atoms with Crippen LogP contribution in [0.2, 0.25) is 0 Å². The Balaban J connectivity index is 1.88. The summed E-state index contributed by atoms with van der Waals surface area (Å²) in [5, 5.41) is 3.09. The highest BCUT2D eigenvalue weighted by atomic mass is 16.5. The molecule has 2 atom stereocenters. The van der Waals surface area contributed by atoms with E-state index in [1.165, 1.54) is 5.56 Å². The molecule has 0 fully saturated rings. The highest BCUT2D eigenvalue weighted by molar-refractivity contribution is 5.81. The summed E-state index contributed by atoms with van der Waals surface area (Å²) in [5.41, 5.74) is 3.57. The van der Waals surface area contributed by atoms with Crippen molar-refractivity contribution in [2.24, 2.45) is 0 Å². The van der Waals surface area contributed by atoms with Gasteiger partial charge in [0, 0.05) is 6.04 Å². The maximum Gasteiger partial charge on any atom is 0.261 e. The van der Waals surface area contributed by atoms with Gasteiger partial charge in [0.15, 0.2) is 6.10 Å². The Bertz CT molecular complexity index is 661. The first kappa shape index (κ1) is 19.0. The molecule has 0 spiro atoms. The van der Waals surface area contributed by atoms with Crippen molar-refractivity contribution in [3.63, 3.8) is 0 Å². The predicted octanol–water partition coefficient (Wildman–Crippen LogP) is 4.60. The highest BCUT2D eigenvalue weighted by Gasteiger charge is 2.20. The zero-order valence-corrected chi connectivity index (χ0v) is 15.7. The summed E-state index contributed by atoms with van der Waals surface area (Å²) in [4.78, 5) is 12.5. The smallest absolute Gasteiger partial charge is 0.261 e. The van der Waals surface area contributed by atoms with E-state index in [0.29, 0.717) is 6.42 Å². The zero-order valence-electron chi connectivity index (χ0n) is 15.7. The maximum absolute atomic E-state index is 12.5. The second kappa shape index (κ2) is 9.26. The van der Waals surface area contributed by atoms with Crippen molar-refractivity contribution in [3.05, 3.63) is 65.2 Å². The Labute approximate surface area is 151 Å². The molecular weight excluding hydrogens is 310 g/mol. The first-order valence-corrected chi connectivity index (χ1v) is 9.07. The van der Waals surface area contributed by atoms with Gasteiger partial charge < -0.3 is 10.1 Å². The minimum absolute atomic E-state index is 0.0396. The van der Waals surface area contributed by atoms with Gasteiger partial charge >= 0.3 is 0 Å². The quantitative estimate of drug-likeness (QED) is 0.763. The fraction of sp³-hybridized carbons (Fsp3) is 0.409. The predicted molar refractivity (Wildman–Crippen MR) is 103 cm³/mol.